The zero-order valence-electron chi connectivity index (χ0n) is 10.8. The molecule has 0 radical (unpaired) electrons. The highest BCUT2D eigenvalue weighted by Gasteiger charge is 2.03. The third kappa shape index (κ3) is 3.65. The lowest BCUT2D eigenvalue weighted by atomic mass is 10.1. The molecule has 4 nitrogen and oxygen atoms in total. The van der Waals surface area contributed by atoms with Gasteiger partial charge in [-0.2, -0.15) is 0 Å². The average molecular weight is 265 g/mol. The van der Waals surface area contributed by atoms with E-state index in [-0.39, 0.29) is 0 Å². The van der Waals surface area contributed by atoms with E-state index in [0.29, 0.717) is 12.5 Å². The Kier molecular flexibility index (Phi) is 4.90. The molecular formula is C13H19N3OS. The molecule has 0 aliphatic heterocycles. The number of thiophene rings is 1. The van der Waals surface area contributed by atoms with Crippen LogP contribution in [0.1, 0.15) is 20.3 Å². The van der Waals surface area contributed by atoms with Gasteiger partial charge in [-0.1, -0.05) is 13.8 Å². The molecule has 0 aliphatic rings. The number of rotatable bonds is 7. The Bertz CT molecular complexity index is 484. The van der Waals surface area contributed by atoms with Crippen molar-refractivity contribution in [3.8, 4) is 0 Å². The molecular weight excluding hydrogens is 246 g/mol. The zero-order chi connectivity index (χ0) is 12.8. The maximum atomic E-state index is 5.56. The summed E-state index contributed by atoms with van der Waals surface area (Å²) >= 11 is 1.63. The lowest BCUT2D eigenvalue weighted by molar-refractivity contribution is 0.132. The van der Waals surface area contributed by atoms with Gasteiger partial charge in [-0.15, -0.1) is 11.3 Å². The van der Waals surface area contributed by atoms with Gasteiger partial charge in [0.05, 0.1) is 12.0 Å². The molecule has 0 saturated heterocycles. The van der Waals surface area contributed by atoms with Crippen molar-refractivity contribution < 1.29 is 4.74 Å². The summed E-state index contributed by atoms with van der Waals surface area (Å²) in [5.74, 6) is 1.60. The molecule has 2 rings (SSSR count). The fraction of sp³-hybridized carbons (Fsp3) is 0.538. The molecule has 0 amide bonds. The molecule has 2 aromatic rings. The summed E-state index contributed by atoms with van der Waals surface area (Å²) in [5.41, 5.74) is 0. The van der Waals surface area contributed by atoms with Crippen LogP contribution in [0.15, 0.2) is 17.8 Å². The van der Waals surface area contributed by atoms with Gasteiger partial charge in [-0.3, -0.25) is 0 Å². The number of hydrogen-bond donors (Lipinski definition) is 1. The van der Waals surface area contributed by atoms with Gasteiger partial charge in [0.25, 0.3) is 0 Å². The maximum Gasteiger partial charge on any atom is 0.138 e. The van der Waals surface area contributed by atoms with Crippen molar-refractivity contribution in [1.29, 1.82) is 0 Å². The smallest absolute Gasteiger partial charge is 0.138 e. The molecule has 0 fully saturated rings. The Labute approximate surface area is 111 Å². The van der Waals surface area contributed by atoms with Crippen LogP contribution in [0.5, 0.6) is 0 Å². The van der Waals surface area contributed by atoms with Crippen LogP contribution in [-0.2, 0) is 4.74 Å². The Balaban J connectivity index is 1.75. The molecule has 2 heterocycles. The zero-order valence-corrected chi connectivity index (χ0v) is 11.7. The minimum atomic E-state index is 0.699. The van der Waals surface area contributed by atoms with Gasteiger partial charge in [-0.25, -0.2) is 9.97 Å². The van der Waals surface area contributed by atoms with Crippen molar-refractivity contribution in [1.82, 2.24) is 9.97 Å². The first-order valence-electron chi connectivity index (χ1n) is 6.27. The van der Waals surface area contributed by atoms with Gasteiger partial charge in [0.1, 0.15) is 17.0 Å². The van der Waals surface area contributed by atoms with Crippen molar-refractivity contribution in [2.75, 3.05) is 25.1 Å². The number of fused-ring (bicyclic) bond motifs is 1. The van der Waals surface area contributed by atoms with Gasteiger partial charge < -0.3 is 10.1 Å². The fourth-order valence-electron chi connectivity index (χ4n) is 1.59. The van der Waals surface area contributed by atoms with Crippen molar-refractivity contribution in [2.45, 2.75) is 20.3 Å². The highest BCUT2D eigenvalue weighted by molar-refractivity contribution is 7.16. The summed E-state index contributed by atoms with van der Waals surface area (Å²) in [6.07, 6.45) is 2.71. The van der Waals surface area contributed by atoms with E-state index >= 15 is 0 Å². The number of nitrogens with zero attached hydrogens (tertiary/aromatic N) is 2. The predicted octanol–water partition coefficient (Wildman–Crippen LogP) is 3.17. The summed E-state index contributed by atoms with van der Waals surface area (Å²) < 4.78 is 5.56. The molecule has 0 saturated carbocycles. The molecule has 0 spiro atoms. The van der Waals surface area contributed by atoms with Crippen LogP contribution in [0.25, 0.3) is 10.2 Å². The van der Waals surface area contributed by atoms with E-state index in [1.54, 1.807) is 17.7 Å². The number of ether oxygens (including phenoxy) is 1. The SMILES string of the molecule is CC(C)CCOCCNc1ncnc2sccc12. The fourth-order valence-corrected chi connectivity index (χ4v) is 2.33. The molecule has 0 unspecified atom stereocenters. The Morgan fingerprint density at radius 3 is 3.06 bits per heavy atom. The van der Waals surface area contributed by atoms with Crippen LogP contribution in [0.3, 0.4) is 0 Å². The summed E-state index contributed by atoms with van der Waals surface area (Å²) in [4.78, 5) is 9.49. The van der Waals surface area contributed by atoms with Crippen LogP contribution in [0, 0.1) is 5.92 Å². The molecule has 2 aromatic heterocycles. The van der Waals surface area contributed by atoms with Gasteiger partial charge >= 0.3 is 0 Å². The van der Waals surface area contributed by atoms with Crippen molar-refractivity contribution in [3.63, 3.8) is 0 Å². The first-order chi connectivity index (χ1) is 8.77. The monoisotopic (exact) mass is 265 g/mol. The highest BCUT2D eigenvalue weighted by atomic mass is 32.1. The summed E-state index contributed by atoms with van der Waals surface area (Å²) in [7, 11) is 0. The van der Waals surface area contributed by atoms with Gasteiger partial charge in [-0.05, 0) is 23.8 Å². The van der Waals surface area contributed by atoms with Crippen molar-refractivity contribution in [3.05, 3.63) is 17.8 Å². The lowest BCUT2D eigenvalue weighted by Gasteiger charge is -2.08. The largest absolute Gasteiger partial charge is 0.380 e. The van der Waals surface area contributed by atoms with Gasteiger partial charge in [0.15, 0.2) is 0 Å². The summed E-state index contributed by atoms with van der Waals surface area (Å²) in [6, 6.07) is 2.04. The van der Waals surface area contributed by atoms with E-state index in [0.717, 1.165) is 35.6 Å². The molecule has 1 N–H and O–H groups in total. The van der Waals surface area contributed by atoms with Crippen LogP contribution in [-0.4, -0.2) is 29.7 Å². The lowest BCUT2D eigenvalue weighted by Crippen LogP contribution is -2.11. The quantitative estimate of drug-likeness (QED) is 0.781. The normalized spacial score (nSPS) is 11.3. The van der Waals surface area contributed by atoms with Gasteiger partial charge in [0, 0.05) is 13.2 Å². The predicted molar refractivity (Wildman–Crippen MR) is 76.2 cm³/mol. The van der Waals surface area contributed by atoms with Crippen LogP contribution >= 0.6 is 11.3 Å². The maximum absolute atomic E-state index is 5.56. The first kappa shape index (κ1) is 13.2. The Morgan fingerprint density at radius 2 is 2.22 bits per heavy atom. The van der Waals surface area contributed by atoms with Crippen LogP contribution in [0.4, 0.5) is 5.82 Å². The topological polar surface area (TPSA) is 47.0 Å². The minimum absolute atomic E-state index is 0.699. The number of anilines is 1. The first-order valence-corrected chi connectivity index (χ1v) is 7.15. The minimum Gasteiger partial charge on any atom is -0.380 e. The Morgan fingerprint density at radius 1 is 1.33 bits per heavy atom. The molecule has 18 heavy (non-hydrogen) atoms. The number of nitrogens with one attached hydrogen (secondary N) is 1. The van der Waals surface area contributed by atoms with E-state index in [2.05, 4.69) is 29.1 Å². The average Bonchev–Trinajstić information content (AvgIpc) is 2.82. The molecule has 0 aliphatic carbocycles. The standard InChI is InChI=1S/C13H19N3OS/c1-10(2)3-6-17-7-5-14-12-11-4-8-18-13(11)16-9-15-12/h4,8-10H,3,5-7H2,1-2H3,(H,14,15,16). The molecule has 0 atom stereocenters. The third-order valence-electron chi connectivity index (χ3n) is 2.64. The molecule has 98 valence electrons. The van der Waals surface area contributed by atoms with Crippen LogP contribution in [0.2, 0.25) is 0 Å². The van der Waals surface area contributed by atoms with E-state index in [4.69, 9.17) is 4.74 Å². The molecule has 5 heteroatoms. The van der Waals surface area contributed by atoms with E-state index in [1.165, 1.54) is 0 Å². The summed E-state index contributed by atoms with van der Waals surface area (Å²) in [5, 5.41) is 6.41. The summed E-state index contributed by atoms with van der Waals surface area (Å²) in [6.45, 7) is 6.73. The molecule has 0 bridgehead atoms. The number of aromatic nitrogens is 2. The second-order valence-corrected chi connectivity index (χ2v) is 5.48. The Hall–Kier alpha value is -1.20. The van der Waals surface area contributed by atoms with E-state index in [9.17, 15) is 0 Å². The van der Waals surface area contributed by atoms with Crippen molar-refractivity contribution >= 4 is 27.4 Å². The van der Waals surface area contributed by atoms with Gasteiger partial charge in [0.2, 0.25) is 0 Å². The second kappa shape index (κ2) is 6.66. The molecule has 0 aromatic carbocycles. The third-order valence-corrected chi connectivity index (χ3v) is 3.46. The highest BCUT2D eigenvalue weighted by Crippen LogP contribution is 2.23. The van der Waals surface area contributed by atoms with Crippen LogP contribution < -0.4 is 5.32 Å². The second-order valence-electron chi connectivity index (χ2n) is 4.58. The number of hydrogen-bond acceptors (Lipinski definition) is 5. The van der Waals surface area contributed by atoms with E-state index in [1.807, 2.05) is 11.4 Å². The van der Waals surface area contributed by atoms with Crippen molar-refractivity contribution in [2.24, 2.45) is 5.92 Å². The van der Waals surface area contributed by atoms with E-state index < -0.39 is 0 Å².